The van der Waals surface area contributed by atoms with Crippen molar-refractivity contribution in [1.29, 1.82) is 5.26 Å². The fourth-order valence-corrected chi connectivity index (χ4v) is 3.18. The van der Waals surface area contributed by atoms with Crippen molar-refractivity contribution >= 4 is 17.5 Å². The molecule has 2 N–H and O–H groups in total. The van der Waals surface area contributed by atoms with Crippen LogP contribution in [0.15, 0.2) is 48.9 Å². The molecule has 1 aromatic carbocycles. The minimum Gasteiger partial charge on any atom is -0.355 e. The van der Waals surface area contributed by atoms with E-state index >= 15 is 0 Å². The van der Waals surface area contributed by atoms with E-state index in [1.807, 2.05) is 41.2 Å². The number of nitriles is 1. The highest BCUT2D eigenvalue weighted by molar-refractivity contribution is 5.53. The van der Waals surface area contributed by atoms with Crippen molar-refractivity contribution in [1.82, 2.24) is 25.1 Å². The second-order valence-electron chi connectivity index (χ2n) is 6.69. The number of anilines is 3. The lowest BCUT2D eigenvalue weighted by Gasteiger charge is -2.21. The summed E-state index contributed by atoms with van der Waals surface area (Å²) in [6.45, 7) is 4.58. The van der Waals surface area contributed by atoms with Crippen molar-refractivity contribution in [2.75, 3.05) is 36.4 Å². The molecule has 142 valence electrons. The molecule has 0 amide bonds. The van der Waals surface area contributed by atoms with E-state index < -0.39 is 0 Å². The minimum atomic E-state index is 0.563. The lowest BCUT2D eigenvalue weighted by molar-refractivity contribution is 0.687. The van der Waals surface area contributed by atoms with Crippen LogP contribution in [0.2, 0.25) is 0 Å². The smallest absolute Gasteiger partial charge is 0.229 e. The Kier molecular flexibility index (Phi) is 5.45. The van der Waals surface area contributed by atoms with Gasteiger partial charge in [-0.25, -0.2) is 4.98 Å². The van der Waals surface area contributed by atoms with Crippen LogP contribution < -0.4 is 15.5 Å². The van der Waals surface area contributed by atoms with Crippen molar-refractivity contribution in [3.63, 3.8) is 0 Å². The van der Waals surface area contributed by atoms with Crippen LogP contribution in [-0.4, -0.2) is 45.9 Å². The Morgan fingerprint density at radius 3 is 2.89 bits per heavy atom. The van der Waals surface area contributed by atoms with Crippen LogP contribution in [0.4, 0.5) is 17.5 Å². The highest BCUT2D eigenvalue weighted by atomic mass is 15.3. The van der Waals surface area contributed by atoms with Crippen LogP contribution in [0.3, 0.4) is 0 Å². The summed E-state index contributed by atoms with van der Waals surface area (Å²) < 4.78 is 1.84. The molecular weight excluding hydrogens is 352 g/mol. The van der Waals surface area contributed by atoms with Crippen LogP contribution >= 0.6 is 0 Å². The fraction of sp³-hybridized carbons (Fsp3) is 0.300. The largest absolute Gasteiger partial charge is 0.355 e. The van der Waals surface area contributed by atoms with Crippen LogP contribution in [0, 0.1) is 11.3 Å². The van der Waals surface area contributed by atoms with Crippen LogP contribution in [0.1, 0.15) is 17.5 Å². The van der Waals surface area contributed by atoms with Gasteiger partial charge in [0.1, 0.15) is 5.82 Å². The molecule has 0 spiro atoms. The van der Waals surface area contributed by atoms with Gasteiger partial charge in [0, 0.05) is 32.0 Å². The lowest BCUT2D eigenvalue weighted by atomic mass is 10.1. The number of nitrogens with one attached hydrogen (secondary N) is 2. The normalized spacial score (nSPS) is 14.3. The van der Waals surface area contributed by atoms with Gasteiger partial charge in [-0.3, -0.25) is 4.68 Å². The molecule has 8 heteroatoms. The third-order valence-corrected chi connectivity index (χ3v) is 4.62. The van der Waals surface area contributed by atoms with Gasteiger partial charge in [0.2, 0.25) is 5.95 Å². The van der Waals surface area contributed by atoms with Gasteiger partial charge in [-0.1, -0.05) is 12.1 Å². The second-order valence-corrected chi connectivity index (χ2v) is 6.69. The molecule has 1 aliphatic heterocycles. The topological polar surface area (TPSA) is 94.7 Å². The van der Waals surface area contributed by atoms with Crippen molar-refractivity contribution < 1.29 is 0 Å². The van der Waals surface area contributed by atoms with Crippen LogP contribution in [0.25, 0.3) is 0 Å². The van der Waals surface area contributed by atoms with E-state index in [0.717, 1.165) is 49.7 Å². The van der Waals surface area contributed by atoms with Crippen molar-refractivity contribution in [2.24, 2.45) is 0 Å². The van der Waals surface area contributed by atoms with Gasteiger partial charge in [0.25, 0.3) is 0 Å². The third kappa shape index (κ3) is 4.45. The zero-order chi connectivity index (χ0) is 19.2. The average molecular weight is 374 g/mol. The van der Waals surface area contributed by atoms with Gasteiger partial charge >= 0.3 is 0 Å². The van der Waals surface area contributed by atoms with Gasteiger partial charge in [-0.2, -0.15) is 15.3 Å². The van der Waals surface area contributed by atoms with Crippen LogP contribution in [-0.2, 0) is 6.54 Å². The number of benzene rings is 1. The molecule has 0 atom stereocenters. The molecule has 0 aliphatic carbocycles. The predicted molar refractivity (Wildman–Crippen MR) is 108 cm³/mol. The monoisotopic (exact) mass is 374 g/mol. The highest BCUT2D eigenvalue weighted by Crippen LogP contribution is 2.17. The molecule has 0 radical (unpaired) electrons. The predicted octanol–water partition coefficient (Wildman–Crippen LogP) is 2.14. The van der Waals surface area contributed by atoms with Crippen molar-refractivity contribution in [3.05, 3.63) is 60.0 Å². The summed E-state index contributed by atoms with van der Waals surface area (Å²) >= 11 is 0. The van der Waals surface area contributed by atoms with E-state index in [9.17, 15) is 0 Å². The van der Waals surface area contributed by atoms with Gasteiger partial charge in [-0.05, 0) is 36.7 Å². The molecule has 0 bridgehead atoms. The van der Waals surface area contributed by atoms with Gasteiger partial charge in [-0.15, -0.1) is 0 Å². The summed E-state index contributed by atoms with van der Waals surface area (Å²) in [5.74, 6) is 1.50. The Morgan fingerprint density at radius 1 is 1.14 bits per heavy atom. The summed E-state index contributed by atoms with van der Waals surface area (Å²) in [5.41, 5.74) is 2.58. The second kappa shape index (κ2) is 8.50. The quantitative estimate of drug-likeness (QED) is 0.706. The molecule has 3 heterocycles. The molecule has 1 saturated heterocycles. The fourth-order valence-electron chi connectivity index (χ4n) is 3.18. The van der Waals surface area contributed by atoms with Gasteiger partial charge < -0.3 is 15.5 Å². The Hall–Kier alpha value is -3.44. The van der Waals surface area contributed by atoms with E-state index in [-0.39, 0.29) is 0 Å². The van der Waals surface area contributed by atoms with E-state index in [4.69, 9.17) is 5.26 Å². The molecule has 2 aromatic heterocycles. The number of aromatic nitrogens is 4. The van der Waals surface area contributed by atoms with E-state index in [0.29, 0.717) is 18.1 Å². The SMILES string of the molecule is N#Cc1ccc(Cn2cc(Nc3nccc(N4CCCNCC4)n3)cn2)cc1. The Bertz CT molecular complexity index is 949. The molecule has 0 unspecified atom stereocenters. The maximum Gasteiger partial charge on any atom is 0.229 e. The zero-order valence-corrected chi connectivity index (χ0v) is 15.5. The average Bonchev–Trinajstić information content (AvgIpc) is 2.99. The third-order valence-electron chi connectivity index (χ3n) is 4.62. The Balaban J connectivity index is 1.42. The number of nitrogens with zero attached hydrogens (tertiary/aromatic N) is 6. The number of hydrogen-bond acceptors (Lipinski definition) is 7. The molecule has 8 nitrogen and oxygen atoms in total. The first-order chi connectivity index (χ1) is 13.8. The van der Waals surface area contributed by atoms with Crippen molar-refractivity contribution in [3.8, 4) is 6.07 Å². The highest BCUT2D eigenvalue weighted by Gasteiger charge is 2.12. The summed E-state index contributed by atoms with van der Waals surface area (Å²) in [7, 11) is 0. The van der Waals surface area contributed by atoms with E-state index in [2.05, 4.69) is 36.7 Å². The maximum atomic E-state index is 8.88. The lowest BCUT2D eigenvalue weighted by Crippen LogP contribution is -2.28. The van der Waals surface area contributed by atoms with E-state index in [1.54, 1.807) is 12.4 Å². The molecule has 28 heavy (non-hydrogen) atoms. The molecule has 3 aromatic rings. The Morgan fingerprint density at radius 2 is 2.04 bits per heavy atom. The summed E-state index contributed by atoms with van der Waals surface area (Å²) in [5, 5.41) is 19.9. The number of hydrogen-bond donors (Lipinski definition) is 2. The molecule has 4 rings (SSSR count). The van der Waals surface area contributed by atoms with Gasteiger partial charge in [0.15, 0.2) is 0 Å². The number of rotatable bonds is 5. The Labute approximate surface area is 163 Å². The summed E-state index contributed by atoms with van der Waals surface area (Å²) in [4.78, 5) is 11.3. The van der Waals surface area contributed by atoms with Gasteiger partial charge in [0.05, 0.1) is 30.1 Å². The summed E-state index contributed by atoms with van der Waals surface area (Å²) in [6, 6.07) is 11.6. The minimum absolute atomic E-state index is 0.563. The van der Waals surface area contributed by atoms with E-state index in [1.165, 1.54) is 0 Å². The molecular formula is C20H22N8. The maximum absolute atomic E-state index is 8.88. The first-order valence-electron chi connectivity index (χ1n) is 9.37. The molecule has 1 aliphatic rings. The van der Waals surface area contributed by atoms with Crippen LogP contribution in [0.5, 0.6) is 0 Å². The summed E-state index contributed by atoms with van der Waals surface area (Å²) in [6.07, 6.45) is 6.57. The first kappa shape index (κ1) is 17.9. The zero-order valence-electron chi connectivity index (χ0n) is 15.5. The van der Waals surface area contributed by atoms with Crippen molar-refractivity contribution in [2.45, 2.75) is 13.0 Å². The molecule has 0 saturated carbocycles. The molecule has 1 fully saturated rings. The standard InChI is InChI=1S/C20H22N8/c21-12-16-2-4-17(5-3-16)14-28-15-18(13-24-28)25-20-23-8-6-19(26-20)27-10-1-7-22-9-11-27/h2-6,8,13,15,22H,1,7,9-11,14H2,(H,23,25,26). The first-order valence-corrected chi connectivity index (χ1v) is 9.37.